The van der Waals surface area contributed by atoms with Crippen LogP contribution in [0.1, 0.15) is 32.6 Å². The summed E-state index contributed by atoms with van der Waals surface area (Å²) in [6.45, 7) is 3.01. The molecule has 0 bridgehead atoms. The lowest BCUT2D eigenvalue weighted by atomic mass is 9.97. The first kappa shape index (κ1) is 20.6. The zero-order valence-corrected chi connectivity index (χ0v) is 16.1. The Hall–Kier alpha value is -1.71. The van der Waals surface area contributed by atoms with E-state index in [4.69, 9.17) is 11.6 Å². The van der Waals surface area contributed by atoms with Crippen molar-refractivity contribution in [2.45, 2.75) is 37.5 Å². The highest BCUT2D eigenvalue weighted by Crippen LogP contribution is 2.31. The van der Waals surface area contributed by atoms with Crippen molar-refractivity contribution in [3.63, 3.8) is 0 Å². The summed E-state index contributed by atoms with van der Waals surface area (Å²) in [5.74, 6) is -0.275. The molecule has 1 aliphatic rings. The van der Waals surface area contributed by atoms with Gasteiger partial charge < -0.3 is 5.32 Å². The van der Waals surface area contributed by atoms with E-state index in [1.165, 1.54) is 10.4 Å². The van der Waals surface area contributed by atoms with E-state index in [9.17, 15) is 23.3 Å². The Bertz CT molecular complexity index is 776. The number of benzene rings is 1. The van der Waals surface area contributed by atoms with Gasteiger partial charge in [-0.3, -0.25) is 14.9 Å². The first-order valence-corrected chi connectivity index (χ1v) is 10.3. The predicted octanol–water partition coefficient (Wildman–Crippen LogP) is 2.57. The van der Waals surface area contributed by atoms with Crippen LogP contribution in [-0.4, -0.2) is 43.2 Å². The molecule has 0 radical (unpaired) electrons. The number of amides is 1. The average Bonchev–Trinajstić information content (AvgIpc) is 2.62. The smallest absolute Gasteiger partial charge is 0.270 e. The molecule has 1 aromatic rings. The van der Waals surface area contributed by atoms with E-state index in [2.05, 4.69) is 5.32 Å². The van der Waals surface area contributed by atoms with Crippen LogP contribution >= 0.6 is 11.6 Å². The van der Waals surface area contributed by atoms with Crippen molar-refractivity contribution in [3.05, 3.63) is 33.3 Å². The summed E-state index contributed by atoms with van der Waals surface area (Å²) in [5, 5.41) is 13.7. The number of nitro benzene ring substituents is 1. The van der Waals surface area contributed by atoms with Gasteiger partial charge in [-0.05, 0) is 25.3 Å². The normalized spacial score (nSPS) is 16.4. The lowest BCUT2D eigenvalue weighted by Gasteiger charge is -2.30. The fourth-order valence-electron chi connectivity index (χ4n) is 2.83. The molecule has 0 saturated carbocycles. The van der Waals surface area contributed by atoms with Crippen LogP contribution < -0.4 is 5.32 Å². The summed E-state index contributed by atoms with van der Waals surface area (Å²) >= 11 is 5.96. The Morgan fingerprint density at radius 3 is 2.62 bits per heavy atom. The molecule has 144 valence electrons. The molecule has 26 heavy (non-hydrogen) atoms. The second kappa shape index (κ2) is 8.79. The Balaban J connectivity index is 2.07. The number of nitrogens with one attached hydrogen (secondary N) is 1. The topological polar surface area (TPSA) is 110 Å². The number of carbonyl (C=O) groups is 1. The van der Waals surface area contributed by atoms with Crippen LogP contribution in [0.4, 0.5) is 5.69 Å². The van der Waals surface area contributed by atoms with Crippen LogP contribution in [0.3, 0.4) is 0 Å². The minimum atomic E-state index is -3.95. The summed E-state index contributed by atoms with van der Waals surface area (Å²) in [5.41, 5.74) is -0.335. The van der Waals surface area contributed by atoms with Crippen LogP contribution in [0.15, 0.2) is 23.1 Å². The maximum absolute atomic E-state index is 12.8. The number of nitro groups is 1. The van der Waals surface area contributed by atoms with Gasteiger partial charge in [0.25, 0.3) is 5.69 Å². The highest BCUT2D eigenvalue weighted by atomic mass is 35.5. The van der Waals surface area contributed by atoms with Crippen LogP contribution in [-0.2, 0) is 14.8 Å². The van der Waals surface area contributed by atoms with E-state index in [-0.39, 0.29) is 40.5 Å². The Labute approximate surface area is 157 Å². The van der Waals surface area contributed by atoms with E-state index in [0.717, 1.165) is 25.0 Å². The zero-order chi connectivity index (χ0) is 19.3. The van der Waals surface area contributed by atoms with Gasteiger partial charge in [0.1, 0.15) is 4.90 Å². The van der Waals surface area contributed by atoms with Crippen molar-refractivity contribution in [1.82, 2.24) is 9.62 Å². The number of hydrogen-bond donors (Lipinski definition) is 1. The van der Waals surface area contributed by atoms with Crippen molar-refractivity contribution in [2.24, 2.45) is 5.92 Å². The molecule has 1 amide bonds. The van der Waals surface area contributed by atoms with E-state index in [0.29, 0.717) is 19.4 Å². The van der Waals surface area contributed by atoms with E-state index in [1.54, 1.807) is 0 Å². The van der Waals surface area contributed by atoms with E-state index < -0.39 is 14.9 Å². The monoisotopic (exact) mass is 403 g/mol. The Kier molecular flexibility index (Phi) is 6.96. The standard InChI is InChI=1S/C16H22ClN3O5S/c1-2-3-8-18-16(21)12-6-9-19(10-7-12)26(24,25)15-11-13(20(22)23)4-5-14(15)17/h4-5,11-12H,2-3,6-10H2,1H3,(H,18,21). The predicted molar refractivity (Wildman–Crippen MR) is 97.5 cm³/mol. The summed E-state index contributed by atoms with van der Waals surface area (Å²) < 4.78 is 26.8. The average molecular weight is 404 g/mol. The molecule has 10 heteroatoms. The largest absolute Gasteiger partial charge is 0.356 e. The first-order chi connectivity index (χ1) is 12.3. The number of carbonyl (C=O) groups excluding carboxylic acids is 1. The minimum absolute atomic E-state index is 0.0520. The molecule has 0 unspecified atom stereocenters. The van der Waals surface area contributed by atoms with Gasteiger partial charge in [-0.15, -0.1) is 0 Å². The van der Waals surface area contributed by atoms with Crippen molar-refractivity contribution >= 4 is 33.2 Å². The molecule has 8 nitrogen and oxygen atoms in total. The third-order valence-electron chi connectivity index (χ3n) is 4.40. The van der Waals surface area contributed by atoms with Crippen LogP contribution in [0.2, 0.25) is 5.02 Å². The van der Waals surface area contributed by atoms with Gasteiger partial charge in [0, 0.05) is 37.7 Å². The van der Waals surface area contributed by atoms with Gasteiger partial charge in [0.15, 0.2) is 0 Å². The fraction of sp³-hybridized carbons (Fsp3) is 0.562. The molecule has 1 saturated heterocycles. The molecule has 1 aromatic carbocycles. The van der Waals surface area contributed by atoms with Crippen molar-refractivity contribution in [1.29, 1.82) is 0 Å². The van der Waals surface area contributed by atoms with Crippen molar-refractivity contribution in [3.8, 4) is 0 Å². The molecule has 0 atom stereocenters. The number of halogens is 1. The van der Waals surface area contributed by atoms with Crippen LogP contribution in [0.5, 0.6) is 0 Å². The fourth-order valence-corrected chi connectivity index (χ4v) is 4.80. The Morgan fingerprint density at radius 1 is 1.38 bits per heavy atom. The van der Waals surface area contributed by atoms with Crippen LogP contribution in [0, 0.1) is 16.0 Å². The van der Waals surface area contributed by atoms with Gasteiger partial charge in [0.2, 0.25) is 15.9 Å². The maximum Gasteiger partial charge on any atom is 0.270 e. The second-order valence-corrected chi connectivity index (χ2v) is 8.51. The van der Waals surface area contributed by atoms with Crippen LogP contribution in [0.25, 0.3) is 0 Å². The summed E-state index contributed by atoms with van der Waals surface area (Å²) in [6, 6.07) is 3.34. The molecular formula is C16H22ClN3O5S. The minimum Gasteiger partial charge on any atom is -0.356 e. The molecule has 2 rings (SSSR count). The van der Waals surface area contributed by atoms with Crippen molar-refractivity contribution < 1.29 is 18.1 Å². The lowest BCUT2D eigenvalue weighted by Crippen LogP contribution is -2.43. The quantitative estimate of drug-likeness (QED) is 0.427. The summed E-state index contributed by atoms with van der Waals surface area (Å²) in [7, 11) is -3.95. The molecule has 0 aliphatic carbocycles. The summed E-state index contributed by atoms with van der Waals surface area (Å²) in [6.07, 6.45) is 2.71. The third-order valence-corrected chi connectivity index (χ3v) is 6.78. The van der Waals surface area contributed by atoms with Gasteiger partial charge in [-0.1, -0.05) is 24.9 Å². The molecule has 0 aromatic heterocycles. The van der Waals surface area contributed by atoms with Crippen molar-refractivity contribution in [2.75, 3.05) is 19.6 Å². The van der Waals surface area contributed by atoms with Gasteiger partial charge >= 0.3 is 0 Å². The molecular weight excluding hydrogens is 382 g/mol. The number of non-ortho nitro benzene ring substituents is 1. The number of piperidine rings is 1. The Morgan fingerprint density at radius 2 is 2.04 bits per heavy atom. The maximum atomic E-state index is 12.8. The highest BCUT2D eigenvalue weighted by molar-refractivity contribution is 7.89. The number of unbranched alkanes of at least 4 members (excludes halogenated alkanes) is 1. The number of sulfonamides is 1. The van der Waals surface area contributed by atoms with Gasteiger partial charge in [-0.2, -0.15) is 4.31 Å². The number of rotatable bonds is 7. The van der Waals surface area contributed by atoms with E-state index >= 15 is 0 Å². The van der Waals surface area contributed by atoms with Gasteiger partial charge in [0.05, 0.1) is 9.95 Å². The zero-order valence-electron chi connectivity index (χ0n) is 14.5. The van der Waals surface area contributed by atoms with Gasteiger partial charge in [-0.25, -0.2) is 8.42 Å². The van der Waals surface area contributed by atoms with E-state index in [1.807, 2.05) is 6.92 Å². The SMILES string of the molecule is CCCCNC(=O)C1CCN(S(=O)(=O)c2cc([N+](=O)[O-])ccc2Cl)CC1. The molecule has 1 heterocycles. The summed E-state index contributed by atoms with van der Waals surface area (Å²) in [4.78, 5) is 22.1. The molecule has 1 N–H and O–H groups in total. The molecule has 0 spiro atoms. The number of hydrogen-bond acceptors (Lipinski definition) is 5. The number of nitrogens with zero attached hydrogens (tertiary/aromatic N) is 2. The lowest BCUT2D eigenvalue weighted by molar-refractivity contribution is -0.385. The molecule has 1 aliphatic heterocycles. The molecule has 1 fully saturated rings. The second-order valence-electron chi connectivity index (χ2n) is 6.19. The first-order valence-electron chi connectivity index (χ1n) is 8.49. The third kappa shape index (κ3) is 4.72. The highest BCUT2D eigenvalue weighted by Gasteiger charge is 2.33.